The van der Waals surface area contributed by atoms with Crippen LogP contribution in [0.1, 0.15) is 45.4 Å². The number of amides is 2. The molecule has 2 atom stereocenters. The van der Waals surface area contributed by atoms with Crippen LogP contribution < -0.4 is 20.3 Å². The number of pyridine rings is 1. The van der Waals surface area contributed by atoms with Crippen LogP contribution in [0.5, 0.6) is 5.75 Å². The highest BCUT2D eigenvalue weighted by molar-refractivity contribution is 6.05. The molecule has 0 radical (unpaired) electrons. The second-order valence-electron chi connectivity index (χ2n) is 12.1. The molecule has 52 heavy (non-hydrogen) atoms. The summed E-state index contributed by atoms with van der Waals surface area (Å²) < 4.78 is 33.0. The summed E-state index contributed by atoms with van der Waals surface area (Å²) in [6.45, 7) is 4.86. The zero-order valence-electron chi connectivity index (χ0n) is 29.5. The Morgan fingerprint density at radius 3 is 2.60 bits per heavy atom. The van der Waals surface area contributed by atoms with Crippen LogP contribution in [-0.2, 0) is 28.5 Å². The number of unbranched alkanes of at least 4 members (excludes halogenated alkanes) is 1. The molecule has 2 amide bonds. The average molecular weight is 723 g/mol. The Kier molecular flexibility index (Phi) is 14.5. The van der Waals surface area contributed by atoms with Gasteiger partial charge in [-0.15, -0.1) is 0 Å². The monoisotopic (exact) mass is 722 g/mol. The molecule has 1 aliphatic rings. The maximum atomic E-state index is 12.6. The first-order valence-corrected chi connectivity index (χ1v) is 17.5. The molecule has 1 saturated heterocycles. The Labute approximate surface area is 301 Å². The van der Waals surface area contributed by atoms with Gasteiger partial charge in [-0.25, -0.2) is 19.7 Å². The summed E-state index contributed by atoms with van der Waals surface area (Å²) in [6, 6.07) is 10.8. The largest absolute Gasteiger partial charge is 0.460 e. The molecule has 3 aromatic heterocycles. The summed E-state index contributed by atoms with van der Waals surface area (Å²) in [5, 5.41) is 15.6. The lowest BCUT2D eigenvalue weighted by atomic mass is 10.2. The van der Waals surface area contributed by atoms with Crippen LogP contribution in [0.3, 0.4) is 0 Å². The number of furan rings is 1. The molecule has 0 aliphatic carbocycles. The van der Waals surface area contributed by atoms with Gasteiger partial charge in [-0.3, -0.25) is 9.59 Å². The minimum Gasteiger partial charge on any atom is -0.460 e. The van der Waals surface area contributed by atoms with Crippen LogP contribution in [0.25, 0.3) is 33.6 Å². The minimum atomic E-state index is -0.772. The van der Waals surface area contributed by atoms with Gasteiger partial charge < -0.3 is 48.7 Å². The van der Waals surface area contributed by atoms with Gasteiger partial charge in [-0.05, 0) is 49.9 Å². The van der Waals surface area contributed by atoms with Crippen LogP contribution in [0.15, 0.2) is 47.0 Å². The standard InChI is InChI=1S/C36H46N6O10/c1-3-25(22-43)50-30(47-2)23-49-29(45)13-7-12-28(44)37-14-4-5-15-39-36(46)51-26-10-6-9-24(21-26)33-40-31-27-11-8-16-38-35(27)52-32(31)34(41-33)42-17-19-48-20-18-42/h6,8-11,16,21,25,30,43H,3-5,7,12-15,17-20,22-23H2,1-2H3,(H,37,44)(H,39,46). The number of benzene rings is 1. The fourth-order valence-electron chi connectivity index (χ4n) is 5.45. The second-order valence-corrected chi connectivity index (χ2v) is 12.1. The number of hydrogen-bond donors (Lipinski definition) is 3. The number of fused-ring (bicyclic) bond motifs is 3. The van der Waals surface area contributed by atoms with Crippen molar-refractivity contribution in [3.63, 3.8) is 0 Å². The van der Waals surface area contributed by atoms with Crippen molar-refractivity contribution in [2.24, 2.45) is 0 Å². The van der Waals surface area contributed by atoms with Crippen molar-refractivity contribution >= 4 is 46.0 Å². The van der Waals surface area contributed by atoms with Crippen LogP contribution in [0.2, 0.25) is 0 Å². The SMILES string of the molecule is CCC(CO)OC(COC(=O)CCCC(=O)NCCCCNC(=O)Oc1cccc(-c2nc(N3CCOCC3)c3oc4ncccc4c3n2)c1)OC. The molecule has 3 N–H and O–H groups in total. The predicted octanol–water partition coefficient (Wildman–Crippen LogP) is 3.73. The molecule has 5 rings (SSSR count). The number of rotatable bonds is 19. The van der Waals surface area contributed by atoms with Gasteiger partial charge >= 0.3 is 12.1 Å². The van der Waals surface area contributed by atoms with E-state index in [4.69, 9.17) is 38.1 Å². The van der Waals surface area contributed by atoms with Crippen molar-refractivity contribution < 1.29 is 47.6 Å². The van der Waals surface area contributed by atoms with E-state index in [0.717, 1.165) is 5.39 Å². The molecule has 4 heterocycles. The minimum absolute atomic E-state index is 0.0764. The van der Waals surface area contributed by atoms with Gasteiger partial charge in [-0.2, -0.15) is 0 Å². The molecule has 2 unspecified atom stereocenters. The van der Waals surface area contributed by atoms with Gasteiger partial charge in [-0.1, -0.05) is 19.1 Å². The summed E-state index contributed by atoms with van der Waals surface area (Å²) in [7, 11) is 1.43. The van der Waals surface area contributed by atoms with Gasteiger partial charge in [0.1, 0.15) is 17.9 Å². The average Bonchev–Trinajstić information content (AvgIpc) is 3.55. The number of carbonyl (C=O) groups is 3. The summed E-state index contributed by atoms with van der Waals surface area (Å²) in [5.41, 5.74) is 2.36. The zero-order valence-corrected chi connectivity index (χ0v) is 29.5. The Balaban J connectivity index is 1.02. The normalized spacial score (nSPS) is 14.2. The van der Waals surface area contributed by atoms with Crippen LogP contribution in [-0.4, -0.2) is 110 Å². The highest BCUT2D eigenvalue weighted by Crippen LogP contribution is 2.35. The topological polar surface area (TPSA) is 197 Å². The molecule has 16 heteroatoms. The zero-order chi connectivity index (χ0) is 36.7. The third-order valence-corrected chi connectivity index (χ3v) is 8.31. The van der Waals surface area contributed by atoms with Crippen LogP contribution >= 0.6 is 0 Å². The fourth-order valence-corrected chi connectivity index (χ4v) is 5.45. The summed E-state index contributed by atoms with van der Waals surface area (Å²) in [5.74, 6) is 0.808. The second kappa shape index (κ2) is 19.6. The first-order chi connectivity index (χ1) is 25.4. The van der Waals surface area contributed by atoms with Gasteiger partial charge in [0, 0.05) is 57.9 Å². The van der Waals surface area contributed by atoms with Crippen LogP contribution in [0, 0.1) is 0 Å². The molecule has 1 aliphatic heterocycles. The molecule has 0 bridgehead atoms. The van der Waals surface area contributed by atoms with E-state index in [1.165, 1.54) is 7.11 Å². The van der Waals surface area contributed by atoms with Gasteiger partial charge in [0.05, 0.1) is 31.3 Å². The number of carbonyl (C=O) groups excluding carboxylic acids is 3. The number of nitrogens with one attached hydrogen (secondary N) is 2. The molecule has 1 aromatic carbocycles. The lowest BCUT2D eigenvalue weighted by Gasteiger charge is -2.27. The van der Waals surface area contributed by atoms with E-state index >= 15 is 0 Å². The molecule has 16 nitrogen and oxygen atoms in total. The van der Waals surface area contributed by atoms with E-state index in [1.54, 1.807) is 24.4 Å². The maximum absolute atomic E-state index is 12.6. The first-order valence-electron chi connectivity index (χ1n) is 17.5. The number of anilines is 1. The Hall–Kier alpha value is -4.90. The van der Waals surface area contributed by atoms with Crippen molar-refractivity contribution in [3.05, 3.63) is 42.6 Å². The Bertz CT molecular complexity index is 1780. The molecule has 280 valence electrons. The molecule has 0 spiro atoms. The maximum Gasteiger partial charge on any atom is 0.412 e. The molecule has 1 fully saturated rings. The smallest absolute Gasteiger partial charge is 0.412 e. The molecular weight excluding hydrogens is 676 g/mol. The van der Waals surface area contributed by atoms with E-state index in [-0.39, 0.29) is 32.0 Å². The van der Waals surface area contributed by atoms with E-state index in [1.807, 2.05) is 25.1 Å². The number of hydrogen-bond acceptors (Lipinski definition) is 14. The van der Waals surface area contributed by atoms with Crippen LogP contribution in [0.4, 0.5) is 10.6 Å². The number of esters is 1. The number of morpholine rings is 1. The number of ether oxygens (including phenoxy) is 5. The molecule has 0 saturated carbocycles. The van der Waals surface area contributed by atoms with Crippen molar-refractivity contribution in [2.45, 2.75) is 57.8 Å². The third-order valence-electron chi connectivity index (χ3n) is 8.31. The van der Waals surface area contributed by atoms with E-state index in [0.29, 0.717) is 105 Å². The fraction of sp³-hybridized carbons (Fsp3) is 0.500. The van der Waals surface area contributed by atoms with Crippen molar-refractivity contribution in [1.82, 2.24) is 25.6 Å². The highest BCUT2D eigenvalue weighted by Gasteiger charge is 2.23. The summed E-state index contributed by atoms with van der Waals surface area (Å²) >= 11 is 0. The van der Waals surface area contributed by atoms with Gasteiger partial charge in [0.25, 0.3) is 0 Å². The summed E-state index contributed by atoms with van der Waals surface area (Å²) in [6.07, 6.45) is 2.32. The van der Waals surface area contributed by atoms with Gasteiger partial charge in [0.15, 0.2) is 23.5 Å². The number of aliphatic hydroxyl groups excluding tert-OH is 1. The quantitative estimate of drug-likeness (QED) is 0.0719. The van der Waals surface area contributed by atoms with Crippen molar-refractivity contribution in [2.75, 3.05) is 64.6 Å². The Morgan fingerprint density at radius 2 is 1.83 bits per heavy atom. The van der Waals surface area contributed by atoms with E-state index in [2.05, 4.69) is 20.5 Å². The number of aromatic nitrogens is 3. The number of aliphatic hydroxyl groups is 1. The lowest BCUT2D eigenvalue weighted by Crippen LogP contribution is -2.37. The predicted molar refractivity (Wildman–Crippen MR) is 190 cm³/mol. The lowest BCUT2D eigenvalue weighted by molar-refractivity contribution is -0.194. The van der Waals surface area contributed by atoms with E-state index in [9.17, 15) is 19.5 Å². The molecular formula is C36H46N6O10. The summed E-state index contributed by atoms with van der Waals surface area (Å²) in [4.78, 5) is 52.9. The third kappa shape index (κ3) is 10.8. The Morgan fingerprint density at radius 1 is 1.02 bits per heavy atom. The molecule has 4 aromatic rings. The van der Waals surface area contributed by atoms with E-state index < -0.39 is 24.5 Å². The first kappa shape index (κ1) is 38.3. The van der Waals surface area contributed by atoms with Crippen molar-refractivity contribution in [1.29, 1.82) is 0 Å². The van der Waals surface area contributed by atoms with Gasteiger partial charge in [0.2, 0.25) is 11.6 Å². The number of methoxy groups -OCH3 is 1. The number of nitrogens with zero attached hydrogens (tertiary/aromatic N) is 4. The van der Waals surface area contributed by atoms with Crippen molar-refractivity contribution in [3.8, 4) is 17.1 Å². The highest BCUT2D eigenvalue weighted by atomic mass is 16.7.